The van der Waals surface area contributed by atoms with Gasteiger partial charge in [-0.15, -0.1) is 0 Å². The maximum Gasteiger partial charge on any atom is 0.174 e. The van der Waals surface area contributed by atoms with Crippen LogP contribution in [0.25, 0.3) is 5.82 Å². The predicted octanol–water partition coefficient (Wildman–Crippen LogP) is 2.85. The Balaban J connectivity index is 1.65. The molecule has 1 aliphatic rings. The van der Waals surface area contributed by atoms with Crippen molar-refractivity contribution in [2.24, 2.45) is 0 Å². The van der Waals surface area contributed by atoms with Crippen molar-refractivity contribution in [2.45, 2.75) is 26.8 Å². The summed E-state index contributed by atoms with van der Waals surface area (Å²) in [7, 11) is 1.73. The summed E-state index contributed by atoms with van der Waals surface area (Å²) in [5, 5.41) is 4.50. The number of fused-ring (bicyclic) bond motifs is 1. The van der Waals surface area contributed by atoms with Crippen molar-refractivity contribution >= 4 is 5.82 Å². The number of aryl methyl sites for hydroxylation is 2. The first-order valence-corrected chi connectivity index (χ1v) is 8.41. The highest BCUT2D eigenvalue weighted by molar-refractivity contribution is 5.48. The number of hydrogen-bond acceptors (Lipinski definition) is 5. The zero-order valence-electron chi connectivity index (χ0n) is 14.7. The molecule has 0 unspecified atom stereocenters. The highest BCUT2D eigenvalue weighted by atomic mass is 16.5. The molecule has 6 heteroatoms. The number of hydrogen-bond donors (Lipinski definition) is 0. The van der Waals surface area contributed by atoms with E-state index < -0.39 is 0 Å². The van der Waals surface area contributed by atoms with Crippen molar-refractivity contribution in [1.82, 2.24) is 19.7 Å². The first-order valence-electron chi connectivity index (χ1n) is 8.41. The van der Waals surface area contributed by atoms with Crippen molar-refractivity contribution < 1.29 is 4.74 Å². The van der Waals surface area contributed by atoms with Crippen molar-refractivity contribution in [3.05, 3.63) is 59.2 Å². The topological polar surface area (TPSA) is 56.1 Å². The van der Waals surface area contributed by atoms with Crippen LogP contribution < -0.4 is 9.64 Å². The lowest BCUT2D eigenvalue weighted by Gasteiger charge is -2.30. The van der Waals surface area contributed by atoms with Crippen LogP contribution in [0.5, 0.6) is 5.75 Å². The van der Waals surface area contributed by atoms with Crippen LogP contribution in [0.15, 0.2) is 36.7 Å². The molecule has 0 radical (unpaired) electrons. The van der Waals surface area contributed by atoms with Gasteiger partial charge in [0.1, 0.15) is 11.6 Å². The SMILES string of the molecule is COc1cccc2c1CCN(c1cncc(-n3nc(C)cc3C)n1)C2. The summed E-state index contributed by atoms with van der Waals surface area (Å²) >= 11 is 0. The lowest BCUT2D eigenvalue weighted by atomic mass is 9.99. The first kappa shape index (κ1) is 15.6. The fourth-order valence-electron chi connectivity index (χ4n) is 3.42. The Morgan fingerprint density at radius 3 is 2.72 bits per heavy atom. The Bertz CT molecular complexity index is 918. The van der Waals surface area contributed by atoms with Gasteiger partial charge in [0.2, 0.25) is 0 Å². The predicted molar refractivity (Wildman–Crippen MR) is 96.4 cm³/mol. The van der Waals surface area contributed by atoms with Gasteiger partial charge in [-0.05, 0) is 38.0 Å². The smallest absolute Gasteiger partial charge is 0.174 e. The number of ether oxygens (including phenoxy) is 1. The van der Waals surface area contributed by atoms with E-state index in [-0.39, 0.29) is 0 Å². The first-order chi connectivity index (χ1) is 12.2. The maximum atomic E-state index is 5.49. The van der Waals surface area contributed by atoms with E-state index in [1.165, 1.54) is 11.1 Å². The summed E-state index contributed by atoms with van der Waals surface area (Å²) in [6.07, 6.45) is 4.51. The Hall–Kier alpha value is -2.89. The summed E-state index contributed by atoms with van der Waals surface area (Å²) in [5.41, 5.74) is 4.61. The normalized spacial score (nSPS) is 13.6. The van der Waals surface area contributed by atoms with Gasteiger partial charge in [-0.2, -0.15) is 5.10 Å². The van der Waals surface area contributed by atoms with E-state index in [4.69, 9.17) is 9.72 Å². The van der Waals surface area contributed by atoms with E-state index in [1.807, 2.05) is 42.9 Å². The molecule has 0 amide bonds. The number of aromatic nitrogens is 4. The van der Waals surface area contributed by atoms with E-state index in [0.29, 0.717) is 0 Å². The maximum absolute atomic E-state index is 5.49. The molecular weight excluding hydrogens is 314 g/mol. The van der Waals surface area contributed by atoms with Crippen molar-refractivity contribution in [3.8, 4) is 11.6 Å². The van der Waals surface area contributed by atoms with Crippen LogP contribution in [0, 0.1) is 13.8 Å². The minimum absolute atomic E-state index is 0.750. The van der Waals surface area contributed by atoms with E-state index >= 15 is 0 Å². The minimum Gasteiger partial charge on any atom is -0.496 e. The van der Waals surface area contributed by atoms with E-state index in [0.717, 1.165) is 48.3 Å². The monoisotopic (exact) mass is 335 g/mol. The summed E-state index contributed by atoms with van der Waals surface area (Å²) < 4.78 is 7.33. The number of rotatable bonds is 3. The average molecular weight is 335 g/mol. The average Bonchev–Trinajstić information content (AvgIpc) is 2.99. The third kappa shape index (κ3) is 2.84. The fraction of sp³-hybridized carbons (Fsp3) is 0.316. The molecule has 0 atom stereocenters. The molecule has 0 saturated carbocycles. The molecule has 0 N–H and O–H groups in total. The molecule has 0 spiro atoms. The third-order valence-corrected chi connectivity index (χ3v) is 4.60. The zero-order valence-corrected chi connectivity index (χ0v) is 14.7. The van der Waals surface area contributed by atoms with E-state index in [1.54, 1.807) is 13.3 Å². The van der Waals surface area contributed by atoms with Crippen molar-refractivity contribution in [1.29, 1.82) is 0 Å². The van der Waals surface area contributed by atoms with Crippen LogP contribution in [-0.2, 0) is 13.0 Å². The molecule has 3 heterocycles. The second-order valence-electron chi connectivity index (χ2n) is 6.34. The summed E-state index contributed by atoms with van der Waals surface area (Å²) in [6.45, 7) is 5.71. The van der Waals surface area contributed by atoms with Gasteiger partial charge in [0.25, 0.3) is 0 Å². The highest BCUT2D eigenvalue weighted by Gasteiger charge is 2.21. The number of anilines is 1. The number of nitrogens with zero attached hydrogens (tertiary/aromatic N) is 5. The summed E-state index contributed by atoms with van der Waals surface area (Å²) in [4.78, 5) is 11.4. The van der Waals surface area contributed by atoms with Crippen molar-refractivity contribution in [2.75, 3.05) is 18.6 Å². The van der Waals surface area contributed by atoms with Crippen LogP contribution in [0.1, 0.15) is 22.5 Å². The summed E-state index contributed by atoms with van der Waals surface area (Å²) in [6, 6.07) is 8.26. The van der Waals surface area contributed by atoms with Crippen LogP contribution in [-0.4, -0.2) is 33.4 Å². The molecule has 2 aromatic heterocycles. The second-order valence-corrected chi connectivity index (χ2v) is 6.34. The van der Waals surface area contributed by atoms with Crippen LogP contribution >= 0.6 is 0 Å². The van der Waals surface area contributed by atoms with Gasteiger partial charge in [-0.3, -0.25) is 4.98 Å². The Labute approximate surface area is 147 Å². The van der Waals surface area contributed by atoms with Crippen molar-refractivity contribution in [3.63, 3.8) is 0 Å². The van der Waals surface area contributed by atoms with Gasteiger partial charge < -0.3 is 9.64 Å². The summed E-state index contributed by atoms with van der Waals surface area (Å²) in [5.74, 6) is 2.60. The van der Waals surface area contributed by atoms with Gasteiger partial charge in [0.05, 0.1) is 25.2 Å². The van der Waals surface area contributed by atoms with Crippen LogP contribution in [0.3, 0.4) is 0 Å². The number of benzene rings is 1. The van der Waals surface area contributed by atoms with E-state index in [2.05, 4.69) is 21.0 Å². The molecule has 1 aromatic carbocycles. The Morgan fingerprint density at radius 2 is 1.96 bits per heavy atom. The molecule has 4 rings (SSSR count). The standard InChI is InChI=1S/C19H21N5O/c1-13-9-14(2)24(22-13)19-11-20-10-18(21-19)23-8-7-16-15(12-23)5-4-6-17(16)25-3/h4-6,9-11H,7-8,12H2,1-3H3. The number of methoxy groups -OCH3 is 1. The van der Waals surface area contributed by atoms with Gasteiger partial charge in [0.15, 0.2) is 5.82 Å². The van der Waals surface area contributed by atoms with Crippen LogP contribution in [0.4, 0.5) is 5.82 Å². The lowest BCUT2D eigenvalue weighted by molar-refractivity contribution is 0.407. The molecule has 6 nitrogen and oxygen atoms in total. The van der Waals surface area contributed by atoms with Gasteiger partial charge in [0, 0.05) is 24.3 Å². The Morgan fingerprint density at radius 1 is 1.12 bits per heavy atom. The molecule has 0 saturated heterocycles. The molecule has 128 valence electrons. The molecule has 1 aliphatic heterocycles. The highest BCUT2D eigenvalue weighted by Crippen LogP contribution is 2.29. The molecule has 0 aliphatic carbocycles. The largest absolute Gasteiger partial charge is 0.496 e. The Kier molecular flexibility index (Phi) is 3.87. The lowest BCUT2D eigenvalue weighted by Crippen LogP contribution is -2.31. The minimum atomic E-state index is 0.750. The molecule has 0 fully saturated rings. The van der Waals surface area contributed by atoms with Gasteiger partial charge in [-0.1, -0.05) is 12.1 Å². The molecule has 3 aromatic rings. The molecule has 0 bridgehead atoms. The fourth-order valence-corrected chi connectivity index (χ4v) is 3.42. The third-order valence-electron chi connectivity index (χ3n) is 4.60. The quantitative estimate of drug-likeness (QED) is 0.737. The van der Waals surface area contributed by atoms with Gasteiger partial charge in [-0.25, -0.2) is 9.67 Å². The molecular formula is C19H21N5O. The second kappa shape index (κ2) is 6.20. The van der Waals surface area contributed by atoms with Crippen LogP contribution in [0.2, 0.25) is 0 Å². The van der Waals surface area contributed by atoms with E-state index in [9.17, 15) is 0 Å². The van der Waals surface area contributed by atoms with Gasteiger partial charge >= 0.3 is 0 Å². The zero-order chi connectivity index (χ0) is 17.4. The molecule has 25 heavy (non-hydrogen) atoms.